The van der Waals surface area contributed by atoms with E-state index in [4.69, 9.17) is 4.74 Å². The highest BCUT2D eigenvalue weighted by Crippen LogP contribution is 2.35. The first kappa shape index (κ1) is 23.6. The molecule has 1 fully saturated rings. The van der Waals surface area contributed by atoms with Crippen LogP contribution in [0, 0.1) is 0 Å². The van der Waals surface area contributed by atoms with Crippen LogP contribution in [-0.4, -0.2) is 43.2 Å². The number of aryl methyl sites for hydroxylation is 1. The molecule has 0 saturated carbocycles. The van der Waals surface area contributed by atoms with Crippen LogP contribution in [-0.2, 0) is 29.8 Å². The van der Waals surface area contributed by atoms with Crippen LogP contribution in [0.4, 0.5) is 0 Å². The van der Waals surface area contributed by atoms with Gasteiger partial charge in [0.25, 0.3) is 5.91 Å². The van der Waals surface area contributed by atoms with Gasteiger partial charge in [-0.1, -0.05) is 36.4 Å². The fraction of sp³-hybridized carbons (Fsp3) is 0.207. The number of fused-ring (bicyclic) bond motifs is 1. The minimum absolute atomic E-state index is 0.199. The summed E-state index contributed by atoms with van der Waals surface area (Å²) in [4.78, 5) is 47.6. The quantitative estimate of drug-likeness (QED) is 0.401. The van der Waals surface area contributed by atoms with Crippen molar-refractivity contribution in [3.63, 3.8) is 0 Å². The number of hydrogen-bond acceptors (Lipinski definition) is 6. The third-order valence-corrected chi connectivity index (χ3v) is 6.97. The van der Waals surface area contributed by atoms with Gasteiger partial charge in [0.2, 0.25) is 11.8 Å². The highest BCUT2D eigenvalue weighted by atomic mass is 16.5. The van der Waals surface area contributed by atoms with Gasteiger partial charge < -0.3 is 14.2 Å². The fourth-order valence-electron chi connectivity index (χ4n) is 5.07. The maximum atomic E-state index is 13.1. The first-order valence-corrected chi connectivity index (χ1v) is 12.4. The van der Waals surface area contributed by atoms with Gasteiger partial charge in [-0.25, -0.2) is 4.98 Å². The third kappa shape index (κ3) is 4.32. The van der Waals surface area contributed by atoms with Crippen LogP contribution in [0.15, 0.2) is 73.3 Å². The first-order valence-electron chi connectivity index (χ1n) is 12.4. The lowest BCUT2D eigenvalue weighted by molar-refractivity contribution is -0.136. The number of aromatic nitrogens is 3. The minimum Gasteiger partial charge on any atom is -0.487 e. The molecule has 2 aliphatic heterocycles. The van der Waals surface area contributed by atoms with Gasteiger partial charge in [-0.3, -0.25) is 24.7 Å². The number of imidazole rings is 1. The van der Waals surface area contributed by atoms with E-state index >= 15 is 0 Å². The second-order valence-corrected chi connectivity index (χ2v) is 9.51. The number of rotatable bonds is 6. The van der Waals surface area contributed by atoms with Crippen molar-refractivity contribution in [1.82, 2.24) is 24.8 Å². The molecule has 6 rings (SSSR count). The summed E-state index contributed by atoms with van der Waals surface area (Å²) < 4.78 is 7.92. The second kappa shape index (κ2) is 9.59. The van der Waals surface area contributed by atoms with Crippen molar-refractivity contribution >= 4 is 17.7 Å². The van der Waals surface area contributed by atoms with E-state index in [1.54, 1.807) is 29.7 Å². The summed E-state index contributed by atoms with van der Waals surface area (Å²) in [6, 6.07) is 16.9. The summed E-state index contributed by atoms with van der Waals surface area (Å²) in [5.74, 6) is -0.270. The summed E-state index contributed by atoms with van der Waals surface area (Å²) in [5.41, 5.74) is 5.79. The molecule has 0 spiro atoms. The SMILES string of the molecule is Cn1cnc(-c2ccc3c(c2)CN(C2CCC(=O)NC2=O)C3=O)c1-c1cncc(OCc2ccccc2)c1. The Bertz CT molecular complexity index is 1560. The van der Waals surface area contributed by atoms with E-state index in [0.29, 0.717) is 30.9 Å². The highest BCUT2D eigenvalue weighted by molar-refractivity contribution is 6.05. The van der Waals surface area contributed by atoms with E-state index < -0.39 is 11.9 Å². The van der Waals surface area contributed by atoms with E-state index in [2.05, 4.69) is 15.3 Å². The number of carbonyl (C=O) groups excluding carboxylic acids is 3. The molecule has 1 unspecified atom stereocenters. The zero-order chi connectivity index (χ0) is 26.2. The Morgan fingerprint density at radius 1 is 1.03 bits per heavy atom. The van der Waals surface area contributed by atoms with E-state index in [-0.39, 0.29) is 18.2 Å². The molecule has 9 heteroatoms. The number of carbonyl (C=O) groups is 3. The molecule has 3 amide bonds. The Kier molecular flexibility index (Phi) is 5.95. The van der Waals surface area contributed by atoms with Gasteiger partial charge in [0.15, 0.2) is 0 Å². The molecule has 1 N–H and O–H groups in total. The summed E-state index contributed by atoms with van der Waals surface area (Å²) in [5, 5.41) is 2.34. The molecule has 1 atom stereocenters. The molecule has 0 radical (unpaired) electrons. The summed E-state index contributed by atoms with van der Waals surface area (Å²) in [6.07, 6.45) is 5.76. The smallest absolute Gasteiger partial charge is 0.255 e. The summed E-state index contributed by atoms with van der Waals surface area (Å²) >= 11 is 0. The largest absolute Gasteiger partial charge is 0.487 e. The third-order valence-electron chi connectivity index (χ3n) is 6.97. The molecule has 1 saturated heterocycles. The Morgan fingerprint density at radius 2 is 1.87 bits per heavy atom. The van der Waals surface area contributed by atoms with E-state index in [1.165, 1.54) is 0 Å². The van der Waals surface area contributed by atoms with Crippen molar-refractivity contribution in [2.24, 2.45) is 7.05 Å². The molecule has 2 aromatic carbocycles. The standard InChI is InChI=1S/C29H25N5O4/c1-33-17-31-26(27(33)20-12-22(14-30-13-20)38-16-18-5-3-2-4-6-18)19-7-8-23-21(11-19)15-34(29(23)37)24-9-10-25(35)32-28(24)36/h2-8,11-14,17,24H,9-10,15-16H2,1H3,(H,32,35,36). The van der Waals surface area contributed by atoms with Crippen LogP contribution in [0.1, 0.15) is 34.3 Å². The van der Waals surface area contributed by atoms with Crippen molar-refractivity contribution < 1.29 is 19.1 Å². The van der Waals surface area contributed by atoms with Gasteiger partial charge in [0, 0.05) is 42.9 Å². The predicted molar refractivity (Wildman–Crippen MR) is 139 cm³/mol. The number of benzene rings is 2. The molecule has 4 aromatic rings. The van der Waals surface area contributed by atoms with Gasteiger partial charge >= 0.3 is 0 Å². The highest BCUT2D eigenvalue weighted by Gasteiger charge is 2.39. The molecule has 190 valence electrons. The molecular weight excluding hydrogens is 482 g/mol. The average molecular weight is 508 g/mol. The monoisotopic (exact) mass is 507 g/mol. The maximum absolute atomic E-state index is 13.1. The van der Waals surface area contributed by atoms with Gasteiger partial charge in [-0.15, -0.1) is 0 Å². The van der Waals surface area contributed by atoms with Crippen molar-refractivity contribution in [2.45, 2.75) is 32.0 Å². The summed E-state index contributed by atoms with van der Waals surface area (Å²) in [7, 11) is 1.92. The van der Waals surface area contributed by atoms with Crippen LogP contribution in [0.2, 0.25) is 0 Å². The normalized spacial score (nSPS) is 16.9. The number of hydrogen-bond donors (Lipinski definition) is 1. The van der Waals surface area contributed by atoms with Gasteiger partial charge in [0.1, 0.15) is 18.4 Å². The summed E-state index contributed by atoms with van der Waals surface area (Å²) in [6.45, 7) is 0.744. The lowest BCUT2D eigenvalue weighted by atomic mass is 10.0. The van der Waals surface area contributed by atoms with Crippen molar-refractivity contribution in [1.29, 1.82) is 0 Å². The van der Waals surface area contributed by atoms with E-state index in [0.717, 1.165) is 33.6 Å². The Hall–Kier alpha value is -4.79. The average Bonchev–Trinajstić information content (AvgIpc) is 3.47. The molecule has 0 bridgehead atoms. The van der Waals surface area contributed by atoms with E-state index in [1.807, 2.05) is 60.1 Å². The molecule has 9 nitrogen and oxygen atoms in total. The Morgan fingerprint density at radius 3 is 2.68 bits per heavy atom. The zero-order valence-corrected chi connectivity index (χ0v) is 20.8. The number of imide groups is 1. The predicted octanol–water partition coefficient (Wildman–Crippen LogP) is 3.49. The number of ether oxygens (including phenoxy) is 1. The zero-order valence-electron chi connectivity index (χ0n) is 20.8. The van der Waals surface area contributed by atoms with Gasteiger partial charge in [-0.05, 0) is 35.7 Å². The number of piperidine rings is 1. The molecule has 0 aliphatic carbocycles. The van der Waals surface area contributed by atoms with Crippen LogP contribution >= 0.6 is 0 Å². The lowest BCUT2D eigenvalue weighted by Crippen LogP contribution is -2.52. The van der Waals surface area contributed by atoms with Gasteiger partial charge in [-0.2, -0.15) is 0 Å². The van der Waals surface area contributed by atoms with Crippen LogP contribution in [0.25, 0.3) is 22.5 Å². The molecular formula is C29H25N5O4. The Labute approximate surface area is 219 Å². The lowest BCUT2D eigenvalue weighted by Gasteiger charge is -2.29. The molecule has 2 aliphatic rings. The van der Waals surface area contributed by atoms with E-state index in [9.17, 15) is 14.4 Å². The number of nitrogens with one attached hydrogen (secondary N) is 1. The number of pyridine rings is 1. The number of amides is 3. The topological polar surface area (TPSA) is 106 Å². The maximum Gasteiger partial charge on any atom is 0.255 e. The van der Waals surface area contributed by atoms with Gasteiger partial charge in [0.05, 0.1) is 23.9 Å². The number of nitrogens with zero attached hydrogens (tertiary/aromatic N) is 4. The Balaban J connectivity index is 1.27. The molecule has 2 aromatic heterocycles. The molecule has 38 heavy (non-hydrogen) atoms. The van der Waals surface area contributed by atoms with Crippen molar-refractivity contribution in [3.8, 4) is 28.3 Å². The van der Waals surface area contributed by atoms with Crippen LogP contribution in [0.5, 0.6) is 5.75 Å². The second-order valence-electron chi connectivity index (χ2n) is 9.51. The fourth-order valence-corrected chi connectivity index (χ4v) is 5.07. The van der Waals surface area contributed by atoms with Crippen LogP contribution < -0.4 is 10.1 Å². The van der Waals surface area contributed by atoms with Crippen molar-refractivity contribution in [3.05, 3.63) is 90.0 Å². The van der Waals surface area contributed by atoms with Crippen LogP contribution in [0.3, 0.4) is 0 Å². The van der Waals surface area contributed by atoms with Crippen molar-refractivity contribution in [2.75, 3.05) is 0 Å². The minimum atomic E-state index is -0.647. The molecule has 4 heterocycles. The first-order chi connectivity index (χ1) is 18.5.